The first-order chi connectivity index (χ1) is 7.76. The second kappa shape index (κ2) is 6.92. The molecule has 0 fully saturated rings. The molecule has 0 aliphatic heterocycles. The van der Waals surface area contributed by atoms with Crippen molar-refractivity contribution in [2.24, 2.45) is 5.73 Å². The Morgan fingerprint density at radius 2 is 2.25 bits per heavy atom. The molecule has 0 radical (unpaired) electrons. The molecule has 0 aromatic heterocycles. The quantitative estimate of drug-likeness (QED) is 0.787. The molecule has 86 valence electrons. The largest absolute Gasteiger partial charge is 0.491 e. The Morgan fingerprint density at radius 3 is 2.94 bits per heavy atom. The highest BCUT2D eigenvalue weighted by Gasteiger charge is 2.02. The van der Waals surface area contributed by atoms with E-state index in [1.165, 1.54) is 0 Å². The van der Waals surface area contributed by atoms with E-state index in [4.69, 9.17) is 10.5 Å². The normalized spacial score (nSPS) is 11.4. The molecule has 0 spiro atoms. The fourth-order valence-electron chi connectivity index (χ4n) is 1.50. The van der Waals surface area contributed by atoms with E-state index in [1.807, 2.05) is 24.3 Å². The zero-order valence-electron chi connectivity index (χ0n) is 9.99. The van der Waals surface area contributed by atoms with Crippen LogP contribution < -0.4 is 10.5 Å². The molecule has 0 amide bonds. The SMILES string of the molecule is CCCC(C)Oc1cccc(C#CCN)c1. The van der Waals surface area contributed by atoms with Crippen molar-refractivity contribution < 1.29 is 4.74 Å². The maximum Gasteiger partial charge on any atom is 0.120 e. The predicted octanol–water partition coefficient (Wildman–Crippen LogP) is 2.56. The number of rotatable bonds is 4. The van der Waals surface area contributed by atoms with Crippen molar-refractivity contribution in [1.29, 1.82) is 0 Å². The van der Waals surface area contributed by atoms with Crippen LogP contribution in [0.4, 0.5) is 0 Å². The van der Waals surface area contributed by atoms with Crippen LogP contribution in [0, 0.1) is 11.8 Å². The first-order valence-corrected chi connectivity index (χ1v) is 5.72. The van der Waals surface area contributed by atoms with Crippen LogP contribution in [0.3, 0.4) is 0 Å². The first-order valence-electron chi connectivity index (χ1n) is 5.72. The van der Waals surface area contributed by atoms with Gasteiger partial charge in [-0.15, -0.1) is 0 Å². The van der Waals surface area contributed by atoms with Crippen molar-refractivity contribution >= 4 is 0 Å². The summed E-state index contributed by atoms with van der Waals surface area (Å²) in [7, 11) is 0. The van der Waals surface area contributed by atoms with Gasteiger partial charge in [-0.05, 0) is 31.5 Å². The van der Waals surface area contributed by atoms with Crippen LogP contribution in [0.1, 0.15) is 32.3 Å². The lowest BCUT2D eigenvalue weighted by Gasteiger charge is -2.13. The zero-order valence-corrected chi connectivity index (χ0v) is 9.99. The average Bonchev–Trinajstić information content (AvgIpc) is 2.27. The molecular weight excluding hydrogens is 198 g/mol. The molecule has 0 aliphatic rings. The van der Waals surface area contributed by atoms with Crippen molar-refractivity contribution in [3.63, 3.8) is 0 Å². The predicted molar refractivity (Wildman–Crippen MR) is 67.4 cm³/mol. The van der Waals surface area contributed by atoms with Crippen molar-refractivity contribution in [1.82, 2.24) is 0 Å². The second-order valence-electron chi connectivity index (χ2n) is 3.75. The Bertz CT molecular complexity index is 376. The third kappa shape index (κ3) is 4.37. The Kier molecular flexibility index (Phi) is 5.45. The molecular formula is C14H19NO. The van der Waals surface area contributed by atoms with Gasteiger partial charge >= 0.3 is 0 Å². The van der Waals surface area contributed by atoms with Gasteiger partial charge in [-0.3, -0.25) is 0 Å². The summed E-state index contributed by atoms with van der Waals surface area (Å²) in [4.78, 5) is 0. The lowest BCUT2D eigenvalue weighted by atomic mass is 10.2. The summed E-state index contributed by atoms with van der Waals surface area (Å²) in [5, 5.41) is 0. The topological polar surface area (TPSA) is 35.2 Å². The van der Waals surface area contributed by atoms with E-state index in [-0.39, 0.29) is 6.10 Å². The van der Waals surface area contributed by atoms with Crippen LogP contribution in [0.15, 0.2) is 24.3 Å². The van der Waals surface area contributed by atoms with Crippen molar-refractivity contribution in [2.45, 2.75) is 32.8 Å². The van der Waals surface area contributed by atoms with E-state index in [0.29, 0.717) is 6.54 Å². The fraction of sp³-hybridized carbons (Fsp3) is 0.429. The summed E-state index contributed by atoms with van der Waals surface area (Å²) in [6.07, 6.45) is 2.45. The van der Waals surface area contributed by atoms with Crippen LogP contribution in [0.25, 0.3) is 0 Å². The summed E-state index contributed by atoms with van der Waals surface area (Å²) < 4.78 is 5.78. The maximum absolute atomic E-state index is 5.78. The lowest BCUT2D eigenvalue weighted by molar-refractivity contribution is 0.210. The highest BCUT2D eigenvalue weighted by atomic mass is 16.5. The summed E-state index contributed by atoms with van der Waals surface area (Å²) in [5.41, 5.74) is 6.28. The minimum atomic E-state index is 0.253. The van der Waals surface area contributed by atoms with Gasteiger partial charge in [-0.1, -0.05) is 31.3 Å². The number of benzene rings is 1. The average molecular weight is 217 g/mol. The smallest absolute Gasteiger partial charge is 0.120 e. The molecule has 1 atom stereocenters. The van der Waals surface area contributed by atoms with E-state index in [1.54, 1.807) is 0 Å². The monoisotopic (exact) mass is 217 g/mol. The summed E-state index contributed by atoms with van der Waals surface area (Å²) in [6, 6.07) is 7.82. The molecule has 2 nitrogen and oxygen atoms in total. The van der Waals surface area contributed by atoms with Crippen molar-refractivity contribution in [2.75, 3.05) is 6.54 Å². The van der Waals surface area contributed by atoms with Gasteiger partial charge < -0.3 is 10.5 Å². The summed E-state index contributed by atoms with van der Waals surface area (Å²) in [5.74, 6) is 6.71. The van der Waals surface area contributed by atoms with E-state index in [9.17, 15) is 0 Å². The highest BCUT2D eigenvalue weighted by molar-refractivity contribution is 5.39. The van der Waals surface area contributed by atoms with Gasteiger partial charge in [0.25, 0.3) is 0 Å². The summed E-state index contributed by atoms with van der Waals surface area (Å²) >= 11 is 0. The van der Waals surface area contributed by atoms with Crippen LogP contribution in [-0.2, 0) is 0 Å². The van der Waals surface area contributed by atoms with E-state index < -0.39 is 0 Å². The Morgan fingerprint density at radius 1 is 1.44 bits per heavy atom. The fourth-order valence-corrected chi connectivity index (χ4v) is 1.50. The number of hydrogen-bond donors (Lipinski definition) is 1. The minimum Gasteiger partial charge on any atom is -0.491 e. The van der Waals surface area contributed by atoms with Gasteiger partial charge in [0.1, 0.15) is 5.75 Å². The third-order valence-corrected chi connectivity index (χ3v) is 2.20. The Hall–Kier alpha value is -1.46. The lowest BCUT2D eigenvalue weighted by Crippen LogP contribution is -2.10. The van der Waals surface area contributed by atoms with Gasteiger partial charge in [-0.25, -0.2) is 0 Å². The summed E-state index contributed by atoms with van der Waals surface area (Å²) in [6.45, 7) is 4.63. The maximum atomic E-state index is 5.78. The van der Waals surface area contributed by atoms with Crippen LogP contribution >= 0.6 is 0 Å². The van der Waals surface area contributed by atoms with Gasteiger partial charge in [0.15, 0.2) is 0 Å². The molecule has 1 rings (SSSR count). The minimum absolute atomic E-state index is 0.253. The number of nitrogens with two attached hydrogens (primary N) is 1. The van der Waals surface area contributed by atoms with Gasteiger partial charge in [-0.2, -0.15) is 0 Å². The van der Waals surface area contributed by atoms with Gasteiger partial charge in [0, 0.05) is 5.56 Å². The molecule has 1 aromatic rings. The number of ether oxygens (including phenoxy) is 1. The van der Waals surface area contributed by atoms with Crippen LogP contribution in [-0.4, -0.2) is 12.6 Å². The van der Waals surface area contributed by atoms with Gasteiger partial charge in [0.05, 0.1) is 12.6 Å². The molecule has 1 unspecified atom stereocenters. The molecule has 0 saturated carbocycles. The number of hydrogen-bond acceptors (Lipinski definition) is 2. The third-order valence-electron chi connectivity index (χ3n) is 2.20. The molecule has 0 bridgehead atoms. The molecule has 16 heavy (non-hydrogen) atoms. The molecule has 2 N–H and O–H groups in total. The first kappa shape index (κ1) is 12.6. The van der Waals surface area contributed by atoms with Crippen LogP contribution in [0.5, 0.6) is 5.75 Å². The van der Waals surface area contributed by atoms with E-state index in [0.717, 1.165) is 24.2 Å². The van der Waals surface area contributed by atoms with Crippen molar-refractivity contribution in [3.05, 3.63) is 29.8 Å². The molecule has 0 saturated heterocycles. The molecule has 1 aromatic carbocycles. The van der Waals surface area contributed by atoms with E-state index >= 15 is 0 Å². The molecule has 0 aliphatic carbocycles. The Labute approximate surface area is 97.8 Å². The van der Waals surface area contributed by atoms with Gasteiger partial charge in [0.2, 0.25) is 0 Å². The molecule has 2 heteroatoms. The van der Waals surface area contributed by atoms with Crippen LogP contribution in [0.2, 0.25) is 0 Å². The Balaban J connectivity index is 2.67. The van der Waals surface area contributed by atoms with E-state index in [2.05, 4.69) is 25.7 Å². The zero-order chi connectivity index (χ0) is 11.8. The van der Waals surface area contributed by atoms with Crippen molar-refractivity contribution in [3.8, 4) is 17.6 Å². The standard InChI is InChI=1S/C14H19NO/c1-3-6-12(2)16-14-9-4-7-13(11-14)8-5-10-15/h4,7,9,11-12H,3,6,10,15H2,1-2H3. The second-order valence-corrected chi connectivity index (χ2v) is 3.75. The highest BCUT2D eigenvalue weighted by Crippen LogP contribution is 2.15. The molecule has 0 heterocycles.